The van der Waals surface area contributed by atoms with Crippen LogP contribution in [-0.2, 0) is 6.54 Å². The maximum absolute atomic E-state index is 5.66. The van der Waals surface area contributed by atoms with Gasteiger partial charge in [-0.25, -0.2) is 4.98 Å². The second-order valence-corrected chi connectivity index (χ2v) is 4.56. The standard InChI is InChI=1S/C9H12N4S/c1-6-4-13(12-9(6)10)5-8-3-11-7(2)14-8/h3-4H,5H2,1-2H3,(H2,10,12). The van der Waals surface area contributed by atoms with Gasteiger partial charge in [0.25, 0.3) is 0 Å². The number of rotatable bonds is 2. The van der Waals surface area contributed by atoms with Crippen molar-refractivity contribution < 1.29 is 0 Å². The van der Waals surface area contributed by atoms with Gasteiger partial charge in [-0.1, -0.05) is 0 Å². The largest absolute Gasteiger partial charge is 0.382 e. The Morgan fingerprint density at radius 3 is 2.79 bits per heavy atom. The summed E-state index contributed by atoms with van der Waals surface area (Å²) in [6.07, 6.45) is 3.83. The lowest BCUT2D eigenvalue weighted by Gasteiger charge is -1.95. The monoisotopic (exact) mass is 208 g/mol. The van der Waals surface area contributed by atoms with Crippen LogP contribution in [0.1, 0.15) is 15.4 Å². The molecule has 74 valence electrons. The molecule has 0 aromatic carbocycles. The van der Waals surface area contributed by atoms with Crippen molar-refractivity contribution in [2.75, 3.05) is 5.73 Å². The summed E-state index contributed by atoms with van der Waals surface area (Å²) in [5.41, 5.74) is 6.67. The number of nitrogens with two attached hydrogens (primary N) is 1. The molecule has 0 atom stereocenters. The van der Waals surface area contributed by atoms with E-state index in [0.717, 1.165) is 17.1 Å². The van der Waals surface area contributed by atoms with E-state index in [-0.39, 0.29) is 0 Å². The maximum atomic E-state index is 5.66. The molecule has 0 unspecified atom stereocenters. The summed E-state index contributed by atoms with van der Waals surface area (Å²) in [6, 6.07) is 0. The van der Waals surface area contributed by atoms with Crippen molar-refractivity contribution in [3.05, 3.63) is 27.8 Å². The van der Waals surface area contributed by atoms with Gasteiger partial charge in [-0.05, 0) is 13.8 Å². The van der Waals surface area contributed by atoms with Crippen LogP contribution in [0.2, 0.25) is 0 Å². The van der Waals surface area contributed by atoms with Gasteiger partial charge in [-0.2, -0.15) is 5.10 Å². The summed E-state index contributed by atoms with van der Waals surface area (Å²) in [6.45, 7) is 4.71. The molecule has 0 saturated carbocycles. The molecule has 2 aromatic rings. The highest BCUT2D eigenvalue weighted by atomic mass is 32.1. The molecule has 0 spiro atoms. The summed E-state index contributed by atoms with van der Waals surface area (Å²) < 4.78 is 1.84. The van der Waals surface area contributed by atoms with Crippen LogP contribution < -0.4 is 5.73 Å². The first-order chi connectivity index (χ1) is 6.65. The first kappa shape index (κ1) is 9.21. The third-order valence-electron chi connectivity index (χ3n) is 1.97. The number of anilines is 1. The zero-order chi connectivity index (χ0) is 10.1. The summed E-state index contributed by atoms with van der Waals surface area (Å²) in [4.78, 5) is 5.39. The fourth-order valence-electron chi connectivity index (χ4n) is 1.25. The molecule has 0 bridgehead atoms. The molecule has 0 fully saturated rings. The average molecular weight is 208 g/mol. The fourth-order valence-corrected chi connectivity index (χ4v) is 2.04. The Labute approximate surface area is 86.4 Å². The van der Waals surface area contributed by atoms with Gasteiger partial charge in [-0.3, -0.25) is 4.68 Å². The van der Waals surface area contributed by atoms with Crippen molar-refractivity contribution >= 4 is 17.2 Å². The molecule has 2 rings (SSSR count). The molecular weight excluding hydrogens is 196 g/mol. The van der Waals surface area contributed by atoms with Crippen molar-refractivity contribution in [2.45, 2.75) is 20.4 Å². The van der Waals surface area contributed by atoms with E-state index < -0.39 is 0 Å². The van der Waals surface area contributed by atoms with E-state index in [1.165, 1.54) is 4.88 Å². The van der Waals surface area contributed by atoms with E-state index in [9.17, 15) is 0 Å². The first-order valence-electron chi connectivity index (χ1n) is 4.36. The fraction of sp³-hybridized carbons (Fsp3) is 0.333. The van der Waals surface area contributed by atoms with Crippen LogP contribution in [0.25, 0.3) is 0 Å². The molecule has 0 saturated heterocycles. The van der Waals surface area contributed by atoms with Crippen molar-refractivity contribution in [3.63, 3.8) is 0 Å². The van der Waals surface area contributed by atoms with Crippen molar-refractivity contribution in [1.29, 1.82) is 0 Å². The highest BCUT2D eigenvalue weighted by Gasteiger charge is 2.03. The van der Waals surface area contributed by atoms with Gasteiger partial charge in [0.1, 0.15) is 5.82 Å². The number of aromatic nitrogens is 3. The SMILES string of the molecule is Cc1ncc(Cn2cc(C)c(N)n2)s1. The van der Waals surface area contributed by atoms with Gasteiger partial charge in [0.2, 0.25) is 0 Å². The lowest BCUT2D eigenvalue weighted by Crippen LogP contribution is -1.99. The normalized spacial score (nSPS) is 10.7. The molecule has 2 aromatic heterocycles. The molecule has 14 heavy (non-hydrogen) atoms. The highest BCUT2D eigenvalue weighted by Crippen LogP contribution is 2.14. The number of hydrogen-bond acceptors (Lipinski definition) is 4. The third-order valence-corrected chi connectivity index (χ3v) is 2.87. The Bertz CT molecular complexity index is 424. The topological polar surface area (TPSA) is 56.7 Å². The van der Waals surface area contributed by atoms with Crippen LogP contribution in [0.3, 0.4) is 0 Å². The number of aryl methyl sites for hydroxylation is 2. The van der Waals surface area contributed by atoms with E-state index in [4.69, 9.17) is 5.73 Å². The molecule has 0 amide bonds. The zero-order valence-corrected chi connectivity index (χ0v) is 9.01. The molecule has 5 heteroatoms. The van der Waals surface area contributed by atoms with Crippen molar-refractivity contribution in [1.82, 2.24) is 14.8 Å². The smallest absolute Gasteiger partial charge is 0.148 e. The third kappa shape index (κ3) is 1.77. The number of nitrogens with zero attached hydrogens (tertiary/aromatic N) is 3. The van der Waals surface area contributed by atoms with Crippen LogP contribution in [0, 0.1) is 13.8 Å². The second-order valence-electron chi connectivity index (χ2n) is 3.24. The van der Waals surface area contributed by atoms with Gasteiger partial charge in [0.05, 0.1) is 11.6 Å². The summed E-state index contributed by atoms with van der Waals surface area (Å²) in [5.74, 6) is 0.603. The van der Waals surface area contributed by atoms with Gasteiger partial charge >= 0.3 is 0 Å². The van der Waals surface area contributed by atoms with E-state index >= 15 is 0 Å². The molecule has 0 aliphatic carbocycles. The minimum Gasteiger partial charge on any atom is -0.382 e. The summed E-state index contributed by atoms with van der Waals surface area (Å²) >= 11 is 1.68. The van der Waals surface area contributed by atoms with Crippen LogP contribution in [0.4, 0.5) is 5.82 Å². The van der Waals surface area contributed by atoms with Crippen LogP contribution in [-0.4, -0.2) is 14.8 Å². The minimum atomic E-state index is 0.603. The van der Waals surface area contributed by atoms with E-state index in [2.05, 4.69) is 10.1 Å². The summed E-state index contributed by atoms with van der Waals surface area (Å²) in [7, 11) is 0. The Morgan fingerprint density at radius 1 is 1.50 bits per heavy atom. The molecule has 0 aliphatic rings. The maximum Gasteiger partial charge on any atom is 0.148 e. The predicted octanol–water partition coefficient (Wildman–Crippen LogP) is 1.59. The van der Waals surface area contributed by atoms with Crippen molar-refractivity contribution in [2.24, 2.45) is 0 Å². The first-order valence-corrected chi connectivity index (χ1v) is 5.17. The average Bonchev–Trinajstić information content (AvgIpc) is 2.62. The van der Waals surface area contributed by atoms with Gasteiger partial charge < -0.3 is 5.73 Å². The summed E-state index contributed by atoms with van der Waals surface area (Å²) in [5, 5.41) is 5.27. The predicted molar refractivity (Wildman–Crippen MR) is 57.3 cm³/mol. The number of thiazole rings is 1. The van der Waals surface area contributed by atoms with Gasteiger partial charge in [-0.15, -0.1) is 11.3 Å². The molecule has 4 nitrogen and oxygen atoms in total. The van der Waals surface area contributed by atoms with Crippen LogP contribution >= 0.6 is 11.3 Å². The lowest BCUT2D eigenvalue weighted by molar-refractivity contribution is 0.696. The van der Waals surface area contributed by atoms with Crippen molar-refractivity contribution in [3.8, 4) is 0 Å². The Morgan fingerprint density at radius 2 is 2.29 bits per heavy atom. The van der Waals surface area contributed by atoms with E-state index in [1.54, 1.807) is 11.3 Å². The Hall–Kier alpha value is -1.36. The second kappa shape index (κ2) is 3.42. The number of nitrogen functional groups attached to an aromatic ring is 1. The molecular formula is C9H12N4S. The lowest BCUT2D eigenvalue weighted by atomic mass is 10.4. The molecule has 2 N–H and O–H groups in total. The molecule has 2 heterocycles. The molecule has 0 radical (unpaired) electrons. The Kier molecular flexibility index (Phi) is 2.25. The van der Waals surface area contributed by atoms with Crippen LogP contribution in [0.15, 0.2) is 12.4 Å². The molecule has 0 aliphatic heterocycles. The quantitative estimate of drug-likeness (QED) is 0.815. The highest BCUT2D eigenvalue weighted by molar-refractivity contribution is 7.11. The van der Waals surface area contributed by atoms with E-state index in [0.29, 0.717) is 5.82 Å². The number of hydrogen-bond donors (Lipinski definition) is 1. The van der Waals surface area contributed by atoms with Gasteiger partial charge in [0.15, 0.2) is 0 Å². The van der Waals surface area contributed by atoms with Crippen LogP contribution in [0.5, 0.6) is 0 Å². The Balaban J connectivity index is 2.18. The van der Waals surface area contributed by atoms with Gasteiger partial charge in [0, 0.05) is 22.8 Å². The minimum absolute atomic E-state index is 0.603. The van der Waals surface area contributed by atoms with E-state index in [1.807, 2.05) is 30.9 Å². The zero-order valence-electron chi connectivity index (χ0n) is 8.19.